The van der Waals surface area contributed by atoms with Gasteiger partial charge in [0.25, 0.3) is 0 Å². The van der Waals surface area contributed by atoms with Gasteiger partial charge in [0, 0.05) is 26.2 Å². The minimum atomic E-state index is 0.458. The molecule has 0 saturated carbocycles. The van der Waals surface area contributed by atoms with Crippen molar-refractivity contribution in [1.29, 1.82) is 0 Å². The number of nitrogens with zero attached hydrogens (tertiary/aromatic N) is 1. The number of hydrogen-bond acceptors (Lipinski definition) is 3. The van der Waals surface area contributed by atoms with E-state index in [1.165, 1.54) is 32.1 Å². The Hall–Kier alpha value is 0.818. The molecule has 0 bridgehead atoms. The van der Waals surface area contributed by atoms with Crippen molar-refractivity contribution < 1.29 is 23.6 Å². The summed E-state index contributed by atoms with van der Waals surface area (Å²) >= 11 is 1.61. The topological polar surface area (TPSA) is 48.3 Å². The summed E-state index contributed by atoms with van der Waals surface area (Å²) < 4.78 is 0. The van der Waals surface area contributed by atoms with Gasteiger partial charge in [0.1, 0.15) is 0 Å². The van der Waals surface area contributed by atoms with E-state index in [1.807, 2.05) is 0 Å². The molecule has 1 heterocycles. The predicted molar refractivity (Wildman–Crippen MR) is 84.2 cm³/mol. The Kier molecular flexibility index (Phi) is 25.5. The van der Waals surface area contributed by atoms with E-state index >= 15 is 0 Å². The standard InChI is InChI=1S/C11H24N2O.C3H7N.ClH.Pt/c1-2-3-4-5-6-11-14-13-9-7-12-8-10-13;1-2-3-4;;/h12H,2-11H2,1H3;4H,1-3H2;1H;/q;-2;;+1/p-1. The van der Waals surface area contributed by atoms with E-state index in [2.05, 4.69) is 33.6 Å². The van der Waals surface area contributed by atoms with Gasteiger partial charge in [-0.05, 0) is 6.42 Å². The van der Waals surface area contributed by atoms with Gasteiger partial charge >= 0.3 is 28.2 Å². The fraction of sp³-hybridized carbons (Fsp3) is 0.929. The van der Waals surface area contributed by atoms with Crippen LogP contribution in [0.1, 0.15) is 45.4 Å². The Labute approximate surface area is 140 Å². The SMILES string of the molecule is CCCCCCCON1CCNCC1.[CH2-]CC[NH-].[Cl][Pt]. The molecule has 0 radical (unpaired) electrons. The Balaban J connectivity index is 0. The van der Waals surface area contributed by atoms with Crippen molar-refractivity contribution in [3.05, 3.63) is 12.7 Å². The normalized spacial score (nSPS) is 14.9. The molecule has 0 aromatic heterocycles. The van der Waals surface area contributed by atoms with Crippen molar-refractivity contribution in [3.63, 3.8) is 0 Å². The van der Waals surface area contributed by atoms with E-state index in [0.717, 1.165) is 39.2 Å². The minimum absolute atomic E-state index is 0.458. The molecule has 2 N–H and O–H groups in total. The molecule has 1 aliphatic rings. The number of piperazine rings is 1. The van der Waals surface area contributed by atoms with Gasteiger partial charge in [0.2, 0.25) is 0 Å². The first-order valence-electron chi connectivity index (χ1n) is 7.49. The van der Waals surface area contributed by atoms with E-state index in [-0.39, 0.29) is 0 Å². The molecule has 0 spiro atoms. The maximum absolute atomic E-state index is 6.39. The molecule has 4 nitrogen and oxygen atoms in total. The Morgan fingerprint density at radius 3 is 2.25 bits per heavy atom. The average Bonchev–Trinajstić information content (AvgIpc) is 2.54. The number of hydroxylamine groups is 2. The maximum atomic E-state index is 6.39. The molecule has 1 fully saturated rings. The van der Waals surface area contributed by atoms with Crippen LogP contribution in [0.2, 0.25) is 0 Å². The number of hydrogen-bond donors (Lipinski definition) is 1. The summed E-state index contributed by atoms with van der Waals surface area (Å²) in [6, 6.07) is 0. The van der Waals surface area contributed by atoms with E-state index in [4.69, 9.17) is 10.6 Å². The molecular weight excluding hydrogens is 457 g/mol. The molecule has 0 amide bonds. The van der Waals surface area contributed by atoms with E-state index < -0.39 is 0 Å². The van der Waals surface area contributed by atoms with Gasteiger partial charge in [0.05, 0.1) is 6.61 Å². The second-order valence-electron chi connectivity index (χ2n) is 4.53. The van der Waals surface area contributed by atoms with Gasteiger partial charge in [-0.25, -0.2) is 6.42 Å². The summed E-state index contributed by atoms with van der Waals surface area (Å²) in [5, 5.41) is 5.40. The van der Waals surface area contributed by atoms with Gasteiger partial charge in [-0.15, -0.1) is 0 Å². The number of unbranched alkanes of at least 4 members (excludes halogenated alkanes) is 4. The first-order chi connectivity index (χ1) is 9.85. The molecule has 0 unspecified atom stereocenters. The van der Waals surface area contributed by atoms with Crippen LogP contribution in [0.3, 0.4) is 0 Å². The molecule has 0 aromatic rings. The molecule has 20 heavy (non-hydrogen) atoms. The van der Waals surface area contributed by atoms with Gasteiger partial charge in [-0.1, -0.05) is 32.6 Å². The van der Waals surface area contributed by atoms with Crippen molar-refractivity contribution in [2.24, 2.45) is 0 Å². The third-order valence-corrected chi connectivity index (χ3v) is 2.77. The van der Waals surface area contributed by atoms with Crippen LogP contribution in [0.4, 0.5) is 0 Å². The summed E-state index contributed by atoms with van der Waals surface area (Å²) in [6.45, 7) is 11.2. The molecule has 1 aliphatic heterocycles. The Bertz CT molecular complexity index is 159. The Morgan fingerprint density at radius 2 is 1.75 bits per heavy atom. The Morgan fingerprint density at radius 1 is 1.20 bits per heavy atom. The van der Waals surface area contributed by atoms with Crippen LogP contribution in [0, 0.1) is 6.92 Å². The quantitative estimate of drug-likeness (QED) is 0.419. The third kappa shape index (κ3) is 18.8. The number of rotatable bonds is 8. The van der Waals surface area contributed by atoms with E-state index in [1.54, 1.807) is 18.8 Å². The van der Waals surface area contributed by atoms with Crippen molar-refractivity contribution >= 4 is 9.42 Å². The first kappa shape index (κ1) is 23.1. The summed E-state index contributed by atoms with van der Waals surface area (Å²) in [4.78, 5) is 5.66. The summed E-state index contributed by atoms with van der Waals surface area (Å²) in [5.41, 5.74) is 6.39. The zero-order chi connectivity index (χ0) is 15.5. The average molecular weight is 488 g/mol. The second kappa shape index (κ2) is 22.1. The zero-order valence-corrected chi connectivity index (χ0v) is 15.8. The van der Waals surface area contributed by atoms with Crippen molar-refractivity contribution in [2.45, 2.75) is 45.4 Å². The molecule has 127 valence electrons. The van der Waals surface area contributed by atoms with Gasteiger partial charge < -0.3 is 18.0 Å². The summed E-state index contributed by atoms with van der Waals surface area (Å²) in [7, 11) is 4.61. The van der Waals surface area contributed by atoms with Crippen LogP contribution in [0.25, 0.3) is 5.73 Å². The van der Waals surface area contributed by atoms with Gasteiger partial charge in [-0.2, -0.15) is 11.6 Å². The van der Waals surface area contributed by atoms with E-state index in [9.17, 15) is 0 Å². The zero-order valence-electron chi connectivity index (χ0n) is 12.7. The van der Waals surface area contributed by atoms with Gasteiger partial charge in [0.15, 0.2) is 0 Å². The first-order valence-corrected chi connectivity index (χ1v) is 10.3. The molecule has 0 aliphatic carbocycles. The predicted octanol–water partition coefficient (Wildman–Crippen LogP) is 3.74. The summed E-state index contributed by atoms with van der Waals surface area (Å²) in [5.74, 6) is 0. The molecule has 1 rings (SSSR count). The van der Waals surface area contributed by atoms with Crippen LogP contribution in [0.5, 0.6) is 0 Å². The summed E-state index contributed by atoms with van der Waals surface area (Å²) in [6.07, 6.45) is 7.32. The van der Waals surface area contributed by atoms with Gasteiger partial charge in [-0.3, -0.25) is 4.84 Å². The van der Waals surface area contributed by atoms with Crippen molar-refractivity contribution in [1.82, 2.24) is 10.4 Å². The van der Waals surface area contributed by atoms with Crippen LogP contribution >= 0.6 is 9.42 Å². The fourth-order valence-electron chi connectivity index (χ4n) is 1.67. The molecule has 1 saturated heterocycles. The monoisotopic (exact) mass is 487 g/mol. The second-order valence-corrected chi connectivity index (χ2v) is 4.53. The number of nitrogens with one attached hydrogen (secondary N) is 2. The van der Waals surface area contributed by atoms with Crippen molar-refractivity contribution in [3.8, 4) is 0 Å². The fourth-order valence-corrected chi connectivity index (χ4v) is 1.67. The van der Waals surface area contributed by atoms with Crippen LogP contribution in [-0.2, 0) is 23.6 Å². The molecule has 0 atom stereocenters. The van der Waals surface area contributed by atoms with Crippen LogP contribution < -0.4 is 5.32 Å². The third-order valence-electron chi connectivity index (χ3n) is 2.77. The molecular formula is C14H31ClN3OPt-2. The molecule has 6 heteroatoms. The van der Waals surface area contributed by atoms with Crippen LogP contribution in [-0.4, -0.2) is 44.4 Å². The number of halogens is 1. The van der Waals surface area contributed by atoms with E-state index in [0.29, 0.717) is 6.54 Å². The molecule has 0 aromatic carbocycles. The van der Waals surface area contributed by atoms with Crippen molar-refractivity contribution in [2.75, 3.05) is 39.3 Å². The van der Waals surface area contributed by atoms with Crippen LogP contribution in [0.15, 0.2) is 0 Å².